The van der Waals surface area contributed by atoms with E-state index in [1.165, 1.54) is 0 Å². The summed E-state index contributed by atoms with van der Waals surface area (Å²) in [5.74, 6) is 0. The zero-order valence-corrected chi connectivity index (χ0v) is 6.48. The van der Waals surface area contributed by atoms with Crippen molar-refractivity contribution in [2.75, 3.05) is 6.61 Å². The van der Waals surface area contributed by atoms with Gasteiger partial charge < -0.3 is 4.84 Å². The summed E-state index contributed by atoms with van der Waals surface area (Å²) in [6.45, 7) is 10.4. The number of rotatable bonds is 3. The molecule has 0 aromatic rings. The van der Waals surface area contributed by atoms with Crippen molar-refractivity contribution in [3.8, 4) is 0 Å². The van der Waals surface area contributed by atoms with E-state index in [-0.39, 0.29) is 0 Å². The second kappa shape index (κ2) is 3.49. The number of oxime groups is 1. The molecular formula is C7H15NO. The van der Waals surface area contributed by atoms with Gasteiger partial charge in [-0.3, -0.25) is 0 Å². The third kappa shape index (κ3) is 7.47. The molecule has 54 valence electrons. The SMILES string of the molecule is C=NOCCC(C)(C)C. The van der Waals surface area contributed by atoms with Gasteiger partial charge in [0.1, 0.15) is 6.61 Å². The highest BCUT2D eigenvalue weighted by atomic mass is 16.6. The molecule has 0 fully saturated rings. The highest BCUT2D eigenvalue weighted by Crippen LogP contribution is 2.17. The van der Waals surface area contributed by atoms with E-state index >= 15 is 0 Å². The van der Waals surface area contributed by atoms with E-state index in [4.69, 9.17) is 4.84 Å². The lowest BCUT2D eigenvalue weighted by molar-refractivity contribution is 0.118. The minimum atomic E-state index is 0.338. The lowest BCUT2D eigenvalue weighted by Crippen LogP contribution is -2.07. The largest absolute Gasteiger partial charge is 0.396 e. The van der Waals surface area contributed by atoms with Gasteiger partial charge in [0.15, 0.2) is 0 Å². The van der Waals surface area contributed by atoms with Crippen LogP contribution >= 0.6 is 0 Å². The Morgan fingerprint density at radius 2 is 2.00 bits per heavy atom. The second-order valence-corrected chi connectivity index (χ2v) is 3.27. The fraction of sp³-hybridized carbons (Fsp3) is 0.857. The number of hydrogen-bond acceptors (Lipinski definition) is 2. The van der Waals surface area contributed by atoms with Crippen LogP contribution in [0.3, 0.4) is 0 Å². The Bertz CT molecular complexity index is 83.4. The van der Waals surface area contributed by atoms with Crippen LogP contribution in [0.4, 0.5) is 0 Å². The van der Waals surface area contributed by atoms with E-state index in [1.807, 2.05) is 0 Å². The molecule has 0 aliphatic carbocycles. The van der Waals surface area contributed by atoms with Crippen LogP contribution in [-0.2, 0) is 4.84 Å². The van der Waals surface area contributed by atoms with Crippen molar-refractivity contribution < 1.29 is 4.84 Å². The van der Waals surface area contributed by atoms with Gasteiger partial charge >= 0.3 is 0 Å². The molecule has 0 unspecified atom stereocenters. The highest BCUT2D eigenvalue weighted by Gasteiger charge is 2.08. The van der Waals surface area contributed by atoms with Crippen molar-refractivity contribution in [3.63, 3.8) is 0 Å². The van der Waals surface area contributed by atoms with E-state index in [0.29, 0.717) is 12.0 Å². The van der Waals surface area contributed by atoms with Crippen molar-refractivity contribution in [1.82, 2.24) is 0 Å². The molecule has 0 amide bonds. The first-order valence-corrected chi connectivity index (χ1v) is 3.14. The third-order valence-corrected chi connectivity index (χ3v) is 1.03. The zero-order valence-electron chi connectivity index (χ0n) is 6.48. The summed E-state index contributed by atoms with van der Waals surface area (Å²) in [4.78, 5) is 4.72. The summed E-state index contributed by atoms with van der Waals surface area (Å²) in [5, 5.41) is 3.29. The van der Waals surface area contributed by atoms with Crippen molar-refractivity contribution in [1.29, 1.82) is 0 Å². The van der Waals surface area contributed by atoms with Crippen LogP contribution in [-0.4, -0.2) is 13.3 Å². The van der Waals surface area contributed by atoms with Crippen LogP contribution in [0.5, 0.6) is 0 Å². The quantitative estimate of drug-likeness (QED) is 0.324. The van der Waals surface area contributed by atoms with E-state index in [9.17, 15) is 0 Å². The Hall–Kier alpha value is -0.530. The van der Waals surface area contributed by atoms with Crippen LogP contribution in [0.2, 0.25) is 0 Å². The molecule has 0 saturated carbocycles. The zero-order chi connectivity index (χ0) is 7.33. The Kier molecular flexibility index (Phi) is 3.28. The monoisotopic (exact) mass is 129 g/mol. The smallest absolute Gasteiger partial charge is 0.117 e. The molecule has 9 heavy (non-hydrogen) atoms. The minimum absolute atomic E-state index is 0.338. The Morgan fingerprint density at radius 1 is 1.44 bits per heavy atom. The van der Waals surface area contributed by atoms with E-state index in [1.54, 1.807) is 0 Å². The first kappa shape index (κ1) is 8.47. The fourth-order valence-corrected chi connectivity index (χ4v) is 0.416. The lowest BCUT2D eigenvalue weighted by Gasteiger charge is -2.15. The summed E-state index contributed by atoms with van der Waals surface area (Å²) in [7, 11) is 0. The van der Waals surface area contributed by atoms with E-state index < -0.39 is 0 Å². The normalized spacial score (nSPS) is 11.0. The molecule has 2 nitrogen and oxygen atoms in total. The number of hydrogen-bond donors (Lipinski definition) is 0. The van der Waals surface area contributed by atoms with Gasteiger partial charge in [-0.15, -0.1) is 5.16 Å². The first-order chi connectivity index (χ1) is 4.06. The highest BCUT2D eigenvalue weighted by molar-refractivity contribution is 5.21. The summed E-state index contributed by atoms with van der Waals surface area (Å²) in [6.07, 6.45) is 1.02. The van der Waals surface area contributed by atoms with Crippen LogP contribution < -0.4 is 0 Å². The molecular weight excluding hydrogens is 114 g/mol. The van der Waals surface area contributed by atoms with Crippen molar-refractivity contribution in [2.24, 2.45) is 10.6 Å². The van der Waals surface area contributed by atoms with Gasteiger partial charge in [-0.2, -0.15) is 0 Å². The van der Waals surface area contributed by atoms with Crippen LogP contribution in [0, 0.1) is 5.41 Å². The molecule has 0 rings (SSSR count). The summed E-state index contributed by atoms with van der Waals surface area (Å²) >= 11 is 0. The molecule has 0 aromatic heterocycles. The van der Waals surface area contributed by atoms with E-state index in [0.717, 1.165) is 6.42 Å². The van der Waals surface area contributed by atoms with Gasteiger partial charge in [-0.1, -0.05) is 20.8 Å². The Labute approximate surface area is 56.9 Å². The van der Waals surface area contributed by atoms with Crippen LogP contribution in [0.15, 0.2) is 5.16 Å². The molecule has 0 aromatic carbocycles. The molecule has 0 atom stereocenters. The van der Waals surface area contributed by atoms with Crippen molar-refractivity contribution in [3.05, 3.63) is 0 Å². The lowest BCUT2D eigenvalue weighted by atomic mass is 9.93. The van der Waals surface area contributed by atoms with Gasteiger partial charge in [-0.25, -0.2) is 0 Å². The molecule has 0 radical (unpaired) electrons. The fourth-order valence-electron chi connectivity index (χ4n) is 0.416. The van der Waals surface area contributed by atoms with Crippen LogP contribution in [0.1, 0.15) is 27.2 Å². The average molecular weight is 129 g/mol. The number of nitrogens with zero attached hydrogens (tertiary/aromatic N) is 1. The van der Waals surface area contributed by atoms with Gasteiger partial charge in [0.05, 0.1) is 0 Å². The van der Waals surface area contributed by atoms with Crippen molar-refractivity contribution in [2.45, 2.75) is 27.2 Å². The van der Waals surface area contributed by atoms with Crippen LogP contribution in [0.25, 0.3) is 0 Å². The topological polar surface area (TPSA) is 21.6 Å². The molecule has 0 bridgehead atoms. The molecule has 0 aliphatic rings. The minimum Gasteiger partial charge on any atom is -0.396 e. The summed E-state index contributed by atoms with van der Waals surface area (Å²) < 4.78 is 0. The maximum absolute atomic E-state index is 4.72. The first-order valence-electron chi connectivity index (χ1n) is 3.14. The molecule has 0 heterocycles. The molecule has 0 saturated heterocycles. The van der Waals surface area contributed by atoms with Gasteiger partial charge in [0, 0.05) is 6.72 Å². The standard InChI is InChI=1S/C7H15NO/c1-7(2,3)5-6-9-8-4/h4-6H2,1-3H3. The summed E-state index contributed by atoms with van der Waals surface area (Å²) in [6, 6.07) is 0. The maximum atomic E-state index is 4.72. The van der Waals surface area contributed by atoms with Gasteiger partial charge in [-0.05, 0) is 11.8 Å². The molecule has 0 N–H and O–H groups in total. The maximum Gasteiger partial charge on any atom is 0.117 e. The van der Waals surface area contributed by atoms with Gasteiger partial charge in [0.25, 0.3) is 0 Å². The average Bonchev–Trinajstić information content (AvgIpc) is 1.63. The molecule has 2 heteroatoms. The third-order valence-electron chi connectivity index (χ3n) is 1.03. The molecule has 0 spiro atoms. The van der Waals surface area contributed by atoms with Gasteiger partial charge in [0.2, 0.25) is 0 Å². The Balaban J connectivity index is 3.17. The predicted molar refractivity (Wildman–Crippen MR) is 39.6 cm³/mol. The van der Waals surface area contributed by atoms with E-state index in [2.05, 4.69) is 32.6 Å². The second-order valence-electron chi connectivity index (χ2n) is 3.27. The molecule has 0 aliphatic heterocycles. The Morgan fingerprint density at radius 3 is 2.33 bits per heavy atom. The summed E-state index contributed by atoms with van der Waals surface area (Å²) in [5.41, 5.74) is 0.338. The van der Waals surface area contributed by atoms with Crippen molar-refractivity contribution >= 4 is 6.72 Å². The predicted octanol–water partition coefficient (Wildman–Crippen LogP) is 2.05.